The predicted octanol–water partition coefficient (Wildman–Crippen LogP) is 1.76. The van der Waals surface area contributed by atoms with Crippen molar-refractivity contribution >= 4 is 17.9 Å². The second-order valence-corrected chi connectivity index (χ2v) is 8.79. The predicted molar refractivity (Wildman–Crippen MR) is 114 cm³/mol. The molecule has 0 unspecified atom stereocenters. The van der Waals surface area contributed by atoms with Gasteiger partial charge in [0.05, 0.1) is 25.0 Å². The zero-order chi connectivity index (χ0) is 22.5. The lowest BCUT2D eigenvalue weighted by atomic mass is 9.76. The minimum Gasteiger partial charge on any atom is -0.446 e. The molecule has 0 radical (unpaired) electrons. The van der Waals surface area contributed by atoms with Crippen LogP contribution < -0.4 is 5.48 Å². The van der Waals surface area contributed by atoms with Crippen molar-refractivity contribution in [1.29, 1.82) is 0 Å². The number of benzene rings is 1. The Balaban J connectivity index is 1.37. The maximum Gasteiger partial charge on any atom is 0.410 e. The Hall–Kier alpha value is -2.65. The molecule has 3 fully saturated rings. The molecular formula is C23H31N3O6. The zero-order valence-electron chi connectivity index (χ0n) is 18.2. The minimum absolute atomic E-state index is 0.0602. The minimum atomic E-state index is -0.737. The number of nitrogens with one attached hydrogen (secondary N) is 1. The second kappa shape index (κ2) is 10.3. The van der Waals surface area contributed by atoms with Gasteiger partial charge in [0.2, 0.25) is 11.8 Å². The quantitative estimate of drug-likeness (QED) is 0.540. The summed E-state index contributed by atoms with van der Waals surface area (Å²) in [7, 11) is 0. The summed E-state index contributed by atoms with van der Waals surface area (Å²) in [4.78, 5) is 41.6. The van der Waals surface area contributed by atoms with Crippen LogP contribution in [0.5, 0.6) is 0 Å². The van der Waals surface area contributed by atoms with Crippen LogP contribution in [0.3, 0.4) is 0 Å². The number of hydrogen-bond donors (Lipinski definition) is 2. The number of hydroxylamine groups is 1. The van der Waals surface area contributed by atoms with E-state index in [9.17, 15) is 19.6 Å². The molecular weight excluding hydrogens is 414 g/mol. The molecule has 0 aromatic heterocycles. The Labute approximate surface area is 187 Å². The van der Waals surface area contributed by atoms with Crippen LogP contribution in [0.4, 0.5) is 4.79 Å². The van der Waals surface area contributed by atoms with Crippen molar-refractivity contribution in [1.82, 2.24) is 15.3 Å². The van der Waals surface area contributed by atoms with Crippen LogP contribution in [0.15, 0.2) is 30.3 Å². The van der Waals surface area contributed by atoms with Crippen LogP contribution in [-0.4, -0.2) is 78.4 Å². The molecule has 2 N–H and O–H groups in total. The highest BCUT2D eigenvalue weighted by molar-refractivity contribution is 5.87. The van der Waals surface area contributed by atoms with Gasteiger partial charge in [0.1, 0.15) is 6.10 Å². The summed E-state index contributed by atoms with van der Waals surface area (Å²) >= 11 is 0. The van der Waals surface area contributed by atoms with Gasteiger partial charge in [-0.1, -0.05) is 30.3 Å². The van der Waals surface area contributed by atoms with E-state index in [1.165, 1.54) is 5.56 Å². The number of likely N-dealkylation sites (tertiary alicyclic amines) is 1. The van der Waals surface area contributed by atoms with Crippen LogP contribution in [0, 0.1) is 11.8 Å². The lowest BCUT2D eigenvalue weighted by Gasteiger charge is -2.36. The van der Waals surface area contributed by atoms with Crippen molar-refractivity contribution in [3.8, 4) is 0 Å². The first-order valence-electron chi connectivity index (χ1n) is 11.4. The van der Waals surface area contributed by atoms with Gasteiger partial charge in [0.25, 0.3) is 0 Å². The van der Waals surface area contributed by atoms with E-state index in [1.807, 2.05) is 23.1 Å². The molecule has 174 valence electrons. The molecule has 4 atom stereocenters. The van der Waals surface area contributed by atoms with Gasteiger partial charge < -0.3 is 19.3 Å². The summed E-state index contributed by atoms with van der Waals surface area (Å²) in [6.45, 7) is 3.19. The number of carbonyl (C=O) groups excluding carboxylic acids is 3. The average Bonchev–Trinajstić information content (AvgIpc) is 3.34. The molecule has 4 rings (SSSR count). The molecule has 0 spiro atoms. The number of carbonyl (C=O) groups is 3. The average molecular weight is 446 g/mol. The first kappa shape index (κ1) is 22.5. The van der Waals surface area contributed by atoms with Gasteiger partial charge in [-0.3, -0.25) is 14.8 Å². The third kappa shape index (κ3) is 5.05. The Morgan fingerprint density at radius 2 is 1.72 bits per heavy atom. The molecule has 2 aliphatic heterocycles. The van der Waals surface area contributed by atoms with Gasteiger partial charge in [-0.05, 0) is 31.2 Å². The van der Waals surface area contributed by atoms with E-state index in [0.717, 1.165) is 6.42 Å². The summed E-state index contributed by atoms with van der Waals surface area (Å²) in [5.74, 6) is -1.64. The largest absolute Gasteiger partial charge is 0.446 e. The van der Waals surface area contributed by atoms with E-state index >= 15 is 0 Å². The number of amides is 3. The molecule has 9 heteroatoms. The molecule has 1 aromatic rings. The Bertz CT molecular complexity index is 813. The molecule has 3 aliphatic rings. The van der Waals surface area contributed by atoms with E-state index in [4.69, 9.17) is 9.47 Å². The molecule has 1 aromatic carbocycles. The van der Waals surface area contributed by atoms with Gasteiger partial charge in [0.15, 0.2) is 0 Å². The van der Waals surface area contributed by atoms with Gasteiger partial charge in [0, 0.05) is 32.1 Å². The van der Waals surface area contributed by atoms with Crippen LogP contribution in [0.1, 0.15) is 37.2 Å². The fourth-order valence-corrected chi connectivity index (χ4v) is 5.06. The van der Waals surface area contributed by atoms with Crippen LogP contribution in [0.25, 0.3) is 0 Å². The van der Waals surface area contributed by atoms with E-state index in [2.05, 4.69) is 12.1 Å². The van der Waals surface area contributed by atoms with Crippen molar-refractivity contribution < 1.29 is 29.1 Å². The number of ether oxygens (including phenoxy) is 2. The summed E-state index contributed by atoms with van der Waals surface area (Å²) in [5.41, 5.74) is 2.92. The highest BCUT2D eigenvalue weighted by Crippen LogP contribution is 2.36. The number of morpholine rings is 1. The Morgan fingerprint density at radius 3 is 2.44 bits per heavy atom. The topological polar surface area (TPSA) is 108 Å². The fourth-order valence-electron chi connectivity index (χ4n) is 5.06. The molecule has 3 amide bonds. The van der Waals surface area contributed by atoms with Gasteiger partial charge >= 0.3 is 6.09 Å². The lowest BCUT2D eigenvalue weighted by molar-refractivity contribution is -0.148. The smallest absolute Gasteiger partial charge is 0.410 e. The molecule has 2 heterocycles. The first-order valence-corrected chi connectivity index (χ1v) is 11.4. The SMILES string of the molecule is O=C(NO)[C@H]1C[C@H](OC(=O)N2CCOCC2)CC[C@@H]1C(=O)N1CC[C@H](c2ccccc2)C1. The van der Waals surface area contributed by atoms with Gasteiger partial charge in [-0.2, -0.15) is 0 Å². The second-order valence-electron chi connectivity index (χ2n) is 8.79. The summed E-state index contributed by atoms with van der Waals surface area (Å²) in [6.07, 6.45) is 1.17. The van der Waals surface area contributed by atoms with E-state index in [1.54, 1.807) is 10.4 Å². The normalized spacial score (nSPS) is 28.3. The highest BCUT2D eigenvalue weighted by atomic mass is 16.6. The van der Waals surface area contributed by atoms with Crippen LogP contribution in [-0.2, 0) is 19.1 Å². The van der Waals surface area contributed by atoms with Crippen molar-refractivity contribution in [3.05, 3.63) is 35.9 Å². The van der Waals surface area contributed by atoms with Crippen molar-refractivity contribution in [2.75, 3.05) is 39.4 Å². The maximum atomic E-state index is 13.3. The third-order valence-corrected chi connectivity index (χ3v) is 6.87. The van der Waals surface area contributed by atoms with Crippen LogP contribution in [0.2, 0.25) is 0 Å². The van der Waals surface area contributed by atoms with Crippen molar-refractivity contribution in [2.24, 2.45) is 11.8 Å². The molecule has 32 heavy (non-hydrogen) atoms. The standard InChI is InChI=1S/C23H31N3O6/c27-21(24-30)20-14-18(32-23(29)25-10-12-31-13-11-25)6-7-19(20)22(28)26-9-8-17(15-26)16-4-2-1-3-5-16/h1-5,17-20,30H,6-15H2,(H,24,27)/t17-,18+,19-,20-/m0/s1. The summed E-state index contributed by atoms with van der Waals surface area (Å²) in [5, 5.41) is 9.26. The fraction of sp³-hybridized carbons (Fsp3) is 0.609. The summed E-state index contributed by atoms with van der Waals surface area (Å²) < 4.78 is 10.9. The van der Waals surface area contributed by atoms with E-state index < -0.39 is 29.9 Å². The number of nitrogens with zero attached hydrogens (tertiary/aromatic N) is 2. The molecule has 0 bridgehead atoms. The Kier molecular flexibility index (Phi) is 7.26. The van der Waals surface area contributed by atoms with Gasteiger partial charge in [-0.15, -0.1) is 0 Å². The Morgan fingerprint density at radius 1 is 0.969 bits per heavy atom. The highest BCUT2D eigenvalue weighted by Gasteiger charge is 2.43. The summed E-state index contributed by atoms with van der Waals surface area (Å²) in [6, 6.07) is 10.1. The lowest BCUT2D eigenvalue weighted by Crippen LogP contribution is -2.48. The maximum absolute atomic E-state index is 13.3. The first-order chi connectivity index (χ1) is 15.6. The van der Waals surface area contributed by atoms with E-state index in [-0.39, 0.29) is 18.2 Å². The van der Waals surface area contributed by atoms with Gasteiger partial charge in [-0.25, -0.2) is 10.3 Å². The molecule has 1 aliphatic carbocycles. The molecule has 2 saturated heterocycles. The van der Waals surface area contributed by atoms with Crippen LogP contribution >= 0.6 is 0 Å². The van der Waals surface area contributed by atoms with Crippen molar-refractivity contribution in [3.63, 3.8) is 0 Å². The molecule has 1 saturated carbocycles. The number of rotatable bonds is 4. The third-order valence-electron chi connectivity index (χ3n) is 6.87. The van der Waals surface area contributed by atoms with Crippen molar-refractivity contribution in [2.45, 2.75) is 37.7 Å². The number of hydrogen-bond acceptors (Lipinski definition) is 6. The zero-order valence-corrected chi connectivity index (χ0v) is 18.2. The molecule has 9 nitrogen and oxygen atoms in total. The monoisotopic (exact) mass is 445 g/mol. The van der Waals surface area contributed by atoms with E-state index in [0.29, 0.717) is 52.2 Å².